The number of rotatable bonds is 7. The second-order valence-corrected chi connectivity index (χ2v) is 4.77. The number of carbonyl (C=O) groups is 1. The molecule has 3 heteroatoms. The molecule has 1 atom stereocenters. The van der Waals surface area contributed by atoms with E-state index in [0.717, 1.165) is 12.0 Å². The molecule has 2 N–H and O–H groups in total. The predicted octanol–water partition coefficient (Wildman–Crippen LogP) is 2.51. The summed E-state index contributed by atoms with van der Waals surface area (Å²) in [7, 11) is 0. The van der Waals surface area contributed by atoms with Crippen LogP contribution in [0.4, 0.5) is 0 Å². The lowest BCUT2D eigenvalue weighted by Gasteiger charge is -2.14. The van der Waals surface area contributed by atoms with Crippen molar-refractivity contribution in [2.45, 2.75) is 18.9 Å². The van der Waals surface area contributed by atoms with Crippen LogP contribution in [0.3, 0.4) is 0 Å². The number of nitrogens with one attached hydrogen (secondary N) is 1. The van der Waals surface area contributed by atoms with Crippen molar-refractivity contribution in [2.75, 3.05) is 6.54 Å². The SMILES string of the molecule is O=C(O)C(Cc1ccccc1)NCCc1ccccc1. The molecule has 0 heterocycles. The van der Waals surface area contributed by atoms with Gasteiger partial charge in [-0.3, -0.25) is 4.79 Å². The van der Waals surface area contributed by atoms with Crippen molar-refractivity contribution >= 4 is 5.97 Å². The van der Waals surface area contributed by atoms with Gasteiger partial charge in [0.15, 0.2) is 0 Å². The summed E-state index contributed by atoms with van der Waals surface area (Å²) in [5, 5.41) is 12.4. The third-order valence-corrected chi connectivity index (χ3v) is 3.23. The zero-order valence-electron chi connectivity index (χ0n) is 11.3. The lowest BCUT2D eigenvalue weighted by molar-refractivity contribution is -0.139. The maximum atomic E-state index is 11.3. The smallest absolute Gasteiger partial charge is 0.321 e. The van der Waals surface area contributed by atoms with Gasteiger partial charge in [0.1, 0.15) is 6.04 Å². The maximum Gasteiger partial charge on any atom is 0.321 e. The maximum absolute atomic E-state index is 11.3. The second kappa shape index (κ2) is 7.46. The first-order valence-corrected chi connectivity index (χ1v) is 6.80. The Balaban J connectivity index is 1.85. The Bertz CT molecular complexity index is 525. The molecule has 0 saturated carbocycles. The molecule has 104 valence electrons. The van der Waals surface area contributed by atoms with Crippen LogP contribution in [0.2, 0.25) is 0 Å². The molecule has 0 aliphatic heterocycles. The van der Waals surface area contributed by atoms with Crippen LogP contribution in [0.5, 0.6) is 0 Å². The predicted molar refractivity (Wildman–Crippen MR) is 79.7 cm³/mol. The molecule has 0 bridgehead atoms. The van der Waals surface area contributed by atoms with Crippen molar-refractivity contribution in [1.29, 1.82) is 0 Å². The fourth-order valence-corrected chi connectivity index (χ4v) is 2.13. The van der Waals surface area contributed by atoms with Gasteiger partial charge in [-0.25, -0.2) is 0 Å². The summed E-state index contributed by atoms with van der Waals surface area (Å²) in [6, 6.07) is 19.2. The molecular formula is C17H19NO2. The summed E-state index contributed by atoms with van der Waals surface area (Å²) in [5.41, 5.74) is 2.25. The van der Waals surface area contributed by atoms with Crippen LogP contribution in [0, 0.1) is 0 Å². The van der Waals surface area contributed by atoms with Gasteiger partial charge in [-0.2, -0.15) is 0 Å². The number of carboxylic acids is 1. The number of hydrogen-bond acceptors (Lipinski definition) is 2. The van der Waals surface area contributed by atoms with E-state index in [2.05, 4.69) is 17.4 Å². The fraction of sp³-hybridized carbons (Fsp3) is 0.235. The molecule has 1 unspecified atom stereocenters. The zero-order chi connectivity index (χ0) is 14.2. The summed E-state index contributed by atoms with van der Waals surface area (Å²) < 4.78 is 0. The van der Waals surface area contributed by atoms with Crippen LogP contribution in [-0.4, -0.2) is 23.7 Å². The summed E-state index contributed by atoms with van der Waals surface area (Å²) in [6.07, 6.45) is 1.34. The molecule has 0 aliphatic rings. The molecule has 0 saturated heterocycles. The summed E-state index contributed by atoms with van der Waals surface area (Å²) >= 11 is 0. The molecule has 0 spiro atoms. The molecule has 0 radical (unpaired) electrons. The summed E-state index contributed by atoms with van der Waals surface area (Å²) in [6.45, 7) is 0.661. The third kappa shape index (κ3) is 4.52. The molecule has 2 aromatic rings. The van der Waals surface area contributed by atoms with E-state index in [1.807, 2.05) is 48.5 Å². The highest BCUT2D eigenvalue weighted by Crippen LogP contribution is 2.04. The van der Waals surface area contributed by atoms with Gasteiger partial charge in [-0.05, 0) is 30.5 Å². The van der Waals surface area contributed by atoms with Crippen LogP contribution < -0.4 is 5.32 Å². The minimum absolute atomic E-state index is 0.505. The average molecular weight is 269 g/mol. The minimum Gasteiger partial charge on any atom is -0.480 e. The van der Waals surface area contributed by atoms with E-state index in [9.17, 15) is 9.90 Å². The Labute approximate surface area is 119 Å². The lowest BCUT2D eigenvalue weighted by atomic mass is 10.1. The quantitative estimate of drug-likeness (QED) is 0.812. The zero-order valence-corrected chi connectivity index (χ0v) is 11.3. The Morgan fingerprint density at radius 3 is 2.05 bits per heavy atom. The molecule has 0 amide bonds. The Morgan fingerprint density at radius 2 is 1.50 bits per heavy atom. The highest BCUT2D eigenvalue weighted by atomic mass is 16.4. The highest BCUT2D eigenvalue weighted by molar-refractivity contribution is 5.73. The number of aliphatic carboxylic acids is 1. The van der Waals surface area contributed by atoms with Crippen molar-refractivity contribution in [3.63, 3.8) is 0 Å². The molecule has 20 heavy (non-hydrogen) atoms. The van der Waals surface area contributed by atoms with E-state index < -0.39 is 12.0 Å². The van der Waals surface area contributed by atoms with Crippen molar-refractivity contribution in [3.05, 3.63) is 71.8 Å². The van der Waals surface area contributed by atoms with Crippen LogP contribution in [0.15, 0.2) is 60.7 Å². The topological polar surface area (TPSA) is 49.3 Å². The molecule has 0 aromatic heterocycles. The van der Waals surface area contributed by atoms with Crippen LogP contribution in [0.1, 0.15) is 11.1 Å². The van der Waals surface area contributed by atoms with E-state index in [1.54, 1.807) is 0 Å². The lowest BCUT2D eigenvalue weighted by Crippen LogP contribution is -2.39. The Morgan fingerprint density at radius 1 is 0.950 bits per heavy atom. The number of carboxylic acid groups (broad SMARTS) is 1. The first-order valence-electron chi connectivity index (χ1n) is 6.80. The van der Waals surface area contributed by atoms with E-state index in [4.69, 9.17) is 0 Å². The van der Waals surface area contributed by atoms with Gasteiger partial charge in [-0.15, -0.1) is 0 Å². The fourth-order valence-electron chi connectivity index (χ4n) is 2.13. The first-order chi connectivity index (χ1) is 9.75. The minimum atomic E-state index is -0.804. The summed E-state index contributed by atoms with van der Waals surface area (Å²) in [4.78, 5) is 11.3. The highest BCUT2D eigenvalue weighted by Gasteiger charge is 2.16. The number of benzene rings is 2. The van der Waals surface area contributed by atoms with Crippen molar-refractivity contribution in [1.82, 2.24) is 5.32 Å². The van der Waals surface area contributed by atoms with Crippen LogP contribution in [0.25, 0.3) is 0 Å². The van der Waals surface area contributed by atoms with Gasteiger partial charge in [0.05, 0.1) is 0 Å². The monoisotopic (exact) mass is 269 g/mol. The van der Waals surface area contributed by atoms with Gasteiger partial charge in [0, 0.05) is 0 Å². The standard InChI is InChI=1S/C17H19NO2/c19-17(20)16(13-15-9-5-2-6-10-15)18-12-11-14-7-3-1-4-8-14/h1-10,16,18H,11-13H2,(H,19,20). The summed E-state index contributed by atoms with van der Waals surface area (Å²) in [5.74, 6) is -0.804. The van der Waals surface area contributed by atoms with Crippen LogP contribution in [-0.2, 0) is 17.6 Å². The van der Waals surface area contributed by atoms with Gasteiger partial charge in [0.2, 0.25) is 0 Å². The Kier molecular flexibility index (Phi) is 5.33. The molecule has 2 aromatic carbocycles. The largest absolute Gasteiger partial charge is 0.480 e. The first kappa shape index (κ1) is 14.3. The Hall–Kier alpha value is -2.13. The normalized spacial score (nSPS) is 12.0. The molecule has 0 fully saturated rings. The molecule has 0 aliphatic carbocycles. The van der Waals surface area contributed by atoms with Gasteiger partial charge in [0.25, 0.3) is 0 Å². The second-order valence-electron chi connectivity index (χ2n) is 4.77. The molecule has 3 nitrogen and oxygen atoms in total. The van der Waals surface area contributed by atoms with E-state index in [1.165, 1.54) is 5.56 Å². The molecule has 2 rings (SSSR count). The van der Waals surface area contributed by atoms with Crippen molar-refractivity contribution in [2.24, 2.45) is 0 Å². The van der Waals surface area contributed by atoms with Gasteiger partial charge in [-0.1, -0.05) is 60.7 Å². The van der Waals surface area contributed by atoms with Gasteiger partial charge < -0.3 is 10.4 Å². The van der Waals surface area contributed by atoms with Crippen LogP contribution >= 0.6 is 0 Å². The third-order valence-electron chi connectivity index (χ3n) is 3.23. The van der Waals surface area contributed by atoms with Crippen molar-refractivity contribution < 1.29 is 9.90 Å². The average Bonchev–Trinajstić information content (AvgIpc) is 2.48. The van der Waals surface area contributed by atoms with E-state index in [0.29, 0.717) is 13.0 Å². The van der Waals surface area contributed by atoms with E-state index >= 15 is 0 Å². The van der Waals surface area contributed by atoms with Crippen molar-refractivity contribution in [3.8, 4) is 0 Å². The molecular weight excluding hydrogens is 250 g/mol. The van der Waals surface area contributed by atoms with E-state index in [-0.39, 0.29) is 0 Å². The number of hydrogen-bond donors (Lipinski definition) is 2. The van der Waals surface area contributed by atoms with Gasteiger partial charge >= 0.3 is 5.97 Å².